The molecule has 2 heteroatoms. The third-order valence-electron chi connectivity index (χ3n) is 2.72. The molecule has 70 valence electrons. The first kappa shape index (κ1) is 9.56. The number of likely N-dealkylation sites (tertiary alicyclic amines) is 1. The van der Waals surface area contributed by atoms with Crippen LogP contribution in [0, 0.1) is 5.92 Å². The van der Waals surface area contributed by atoms with Gasteiger partial charge in [-0.25, -0.2) is 4.39 Å². The van der Waals surface area contributed by atoms with Crippen molar-refractivity contribution in [2.75, 3.05) is 13.1 Å². The maximum atomic E-state index is 13.2. The van der Waals surface area contributed by atoms with E-state index in [4.69, 9.17) is 0 Å². The van der Waals surface area contributed by atoms with Crippen molar-refractivity contribution >= 4 is 0 Å². The van der Waals surface area contributed by atoms with Gasteiger partial charge in [0.25, 0.3) is 0 Å². The van der Waals surface area contributed by atoms with E-state index in [1.54, 1.807) is 0 Å². The maximum absolute atomic E-state index is 13.2. The van der Waals surface area contributed by atoms with Gasteiger partial charge in [0.15, 0.2) is 0 Å². The zero-order valence-electron chi connectivity index (χ0n) is 8.02. The van der Waals surface area contributed by atoms with E-state index in [-0.39, 0.29) is 5.92 Å². The molecule has 0 aromatic rings. The third kappa shape index (κ3) is 1.99. The Hall–Kier alpha value is -0.530. The van der Waals surface area contributed by atoms with Gasteiger partial charge < -0.3 is 4.90 Å². The first-order valence-electron chi connectivity index (χ1n) is 4.72. The van der Waals surface area contributed by atoms with Crippen LogP contribution in [0.1, 0.15) is 26.7 Å². The van der Waals surface area contributed by atoms with Crippen LogP contribution in [0.3, 0.4) is 0 Å². The fourth-order valence-corrected chi connectivity index (χ4v) is 1.53. The van der Waals surface area contributed by atoms with Gasteiger partial charge in [-0.05, 0) is 18.8 Å². The van der Waals surface area contributed by atoms with Crippen LogP contribution in [0.5, 0.6) is 0 Å². The predicted octanol–water partition coefficient (Wildman–Crippen LogP) is 2.59. The van der Waals surface area contributed by atoms with Crippen LogP contribution in [0.4, 0.5) is 4.39 Å². The van der Waals surface area contributed by atoms with Crippen LogP contribution in [-0.4, -0.2) is 24.2 Å². The van der Waals surface area contributed by atoms with Gasteiger partial charge >= 0.3 is 0 Å². The molecule has 2 unspecified atom stereocenters. The quantitative estimate of drug-likeness (QED) is 0.617. The van der Waals surface area contributed by atoms with E-state index >= 15 is 0 Å². The summed E-state index contributed by atoms with van der Waals surface area (Å²) in [6.07, 6.45) is 1.23. The lowest BCUT2D eigenvalue weighted by molar-refractivity contribution is 0.115. The number of allylic oxidation sites excluding steroid dienone is 1. The highest BCUT2D eigenvalue weighted by Crippen LogP contribution is 2.22. The predicted molar refractivity (Wildman–Crippen MR) is 49.7 cm³/mol. The van der Waals surface area contributed by atoms with Crippen molar-refractivity contribution in [3.8, 4) is 0 Å². The summed E-state index contributed by atoms with van der Waals surface area (Å²) in [4.78, 5) is 2.07. The summed E-state index contributed by atoms with van der Waals surface area (Å²) in [5.41, 5.74) is 1.07. The fraction of sp³-hybridized carbons (Fsp3) is 0.800. The van der Waals surface area contributed by atoms with Crippen molar-refractivity contribution in [1.29, 1.82) is 0 Å². The molecule has 2 atom stereocenters. The van der Waals surface area contributed by atoms with E-state index in [9.17, 15) is 4.39 Å². The Labute approximate surface area is 74.3 Å². The Kier molecular flexibility index (Phi) is 3.12. The number of halogens is 1. The van der Waals surface area contributed by atoms with E-state index in [0.717, 1.165) is 25.1 Å². The summed E-state index contributed by atoms with van der Waals surface area (Å²) in [7, 11) is 0. The topological polar surface area (TPSA) is 3.24 Å². The van der Waals surface area contributed by atoms with Crippen molar-refractivity contribution in [3.05, 3.63) is 12.3 Å². The van der Waals surface area contributed by atoms with E-state index in [1.807, 2.05) is 6.92 Å². The van der Waals surface area contributed by atoms with Crippen molar-refractivity contribution in [1.82, 2.24) is 4.90 Å². The molecular formula is C10H18FN. The minimum absolute atomic E-state index is 0.228. The van der Waals surface area contributed by atoms with Crippen LogP contribution < -0.4 is 0 Å². The largest absolute Gasteiger partial charge is 0.372 e. The molecule has 0 aromatic carbocycles. The minimum Gasteiger partial charge on any atom is -0.372 e. The van der Waals surface area contributed by atoms with Crippen LogP contribution >= 0.6 is 0 Å². The SMILES string of the molecule is C=C(CC)N1CCC(C)C(F)C1. The first-order valence-corrected chi connectivity index (χ1v) is 4.72. The van der Waals surface area contributed by atoms with Crippen LogP contribution in [0.15, 0.2) is 12.3 Å². The Morgan fingerprint density at radius 1 is 1.67 bits per heavy atom. The summed E-state index contributed by atoms with van der Waals surface area (Å²) < 4.78 is 13.2. The molecule has 0 spiro atoms. The first-order chi connectivity index (χ1) is 5.65. The molecule has 1 aliphatic rings. The van der Waals surface area contributed by atoms with Crippen LogP contribution in [-0.2, 0) is 0 Å². The summed E-state index contributed by atoms with van der Waals surface area (Å²) in [6.45, 7) is 9.49. The number of alkyl halides is 1. The molecule has 0 saturated carbocycles. The summed E-state index contributed by atoms with van der Waals surface area (Å²) in [5, 5.41) is 0. The average Bonchev–Trinajstić information content (AvgIpc) is 2.08. The average molecular weight is 171 g/mol. The third-order valence-corrected chi connectivity index (χ3v) is 2.72. The monoisotopic (exact) mass is 171 g/mol. The molecule has 0 amide bonds. The summed E-state index contributed by atoms with van der Waals surface area (Å²) >= 11 is 0. The number of piperidine rings is 1. The van der Waals surface area contributed by atoms with Gasteiger partial charge in [0, 0.05) is 18.8 Å². The lowest BCUT2D eigenvalue weighted by atomic mass is 9.97. The molecule has 0 bridgehead atoms. The highest BCUT2D eigenvalue weighted by molar-refractivity contribution is 4.96. The Bertz CT molecular complexity index is 167. The molecular weight excluding hydrogens is 153 g/mol. The number of nitrogens with zero attached hydrogens (tertiary/aromatic N) is 1. The molecule has 0 N–H and O–H groups in total. The molecule has 0 aliphatic carbocycles. The second-order valence-electron chi connectivity index (χ2n) is 3.65. The van der Waals surface area contributed by atoms with E-state index in [2.05, 4.69) is 18.4 Å². The van der Waals surface area contributed by atoms with Gasteiger partial charge in [-0.2, -0.15) is 0 Å². The highest BCUT2D eigenvalue weighted by Gasteiger charge is 2.25. The molecule has 1 rings (SSSR count). The van der Waals surface area contributed by atoms with Gasteiger partial charge in [0.05, 0.1) is 0 Å². The molecule has 1 heterocycles. The van der Waals surface area contributed by atoms with Gasteiger partial charge in [0.2, 0.25) is 0 Å². The lowest BCUT2D eigenvalue weighted by Gasteiger charge is -2.35. The Morgan fingerprint density at radius 3 is 2.83 bits per heavy atom. The molecule has 1 nitrogen and oxygen atoms in total. The summed E-state index contributed by atoms with van der Waals surface area (Å²) in [5.74, 6) is 0.228. The molecule has 12 heavy (non-hydrogen) atoms. The molecule has 0 radical (unpaired) electrons. The summed E-state index contributed by atoms with van der Waals surface area (Å²) in [6, 6.07) is 0. The molecule has 0 aromatic heterocycles. The van der Waals surface area contributed by atoms with Crippen molar-refractivity contribution in [3.63, 3.8) is 0 Å². The van der Waals surface area contributed by atoms with Crippen molar-refractivity contribution in [2.45, 2.75) is 32.9 Å². The van der Waals surface area contributed by atoms with E-state index in [1.165, 1.54) is 0 Å². The number of hydrogen-bond acceptors (Lipinski definition) is 1. The van der Waals surface area contributed by atoms with Gasteiger partial charge in [0.1, 0.15) is 6.17 Å². The molecule has 1 aliphatic heterocycles. The smallest absolute Gasteiger partial charge is 0.120 e. The van der Waals surface area contributed by atoms with Crippen LogP contribution in [0.2, 0.25) is 0 Å². The van der Waals surface area contributed by atoms with Crippen LogP contribution in [0.25, 0.3) is 0 Å². The normalized spacial score (nSPS) is 30.4. The lowest BCUT2D eigenvalue weighted by Crippen LogP contribution is -2.39. The zero-order valence-corrected chi connectivity index (χ0v) is 8.02. The van der Waals surface area contributed by atoms with Gasteiger partial charge in [-0.3, -0.25) is 0 Å². The zero-order chi connectivity index (χ0) is 9.14. The molecule has 1 saturated heterocycles. The minimum atomic E-state index is -0.665. The number of rotatable bonds is 2. The van der Waals surface area contributed by atoms with Crippen molar-refractivity contribution < 1.29 is 4.39 Å². The second kappa shape index (κ2) is 3.92. The van der Waals surface area contributed by atoms with Crippen molar-refractivity contribution in [2.24, 2.45) is 5.92 Å². The second-order valence-corrected chi connectivity index (χ2v) is 3.65. The number of hydrogen-bond donors (Lipinski definition) is 0. The Balaban J connectivity index is 2.45. The molecule has 1 fully saturated rings. The fourth-order valence-electron chi connectivity index (χ4n) is 1.53. The Morgan fingerprint density at radius 2 is 2.33 bits per heavy atom. The standard InChI is InChI=1S/C10H18FN/c1-4-9(3)12-6-5-8(2)10(11)7-12/h8,10H,3-7H2,1-2H3. The van der Waals surface area contributed by atoms with Gasteiger partial charge in [-0.15, -0.1) is 0 Å². The highest BCUT2D eigenvalue weighted by atomic mass is 19.1. The van der Waals surface area contributed by atoms with Gasteiger partial charge in [-0.1, -0.05) is 20.4 Å². The van der Waals surface area contributed by atoms with E-state index in [0.29, 0.717) is 6.54 Å². The maximum Gasteiger partial charge on any atom is 0.120 e. The van der Waals surface area contributed by atoms with E-state index < -0.39 is 6.17 Å².